The molecule has 0 bridgehead atoms. The molecule has 11 nitrogen and oxygen atoms in total. The third-order valence-corrected chi connectivity index (χ3v) is 5.20. The number of carbonyl (C=O) groups is 5. The molecule has 12 heteroatoms. The lowest BCUT2D eigenvalue weighted by Gasteiger charge is -2.29. The highest BCUT2D eigenvalue weighted by Crippen LogP contribution is 2.19. The molecule has 164 valence electrons. The van der Waals surface area contributed by atoms with Crippen LogP contribution in [0.15, 0.2) is 0 Å². The minimum atomic E-state index is -1.24. The molecule has 1 aliphatic rings. The van der Waals surface area contributed by atoms with Crippen LogP contribution in [-0.4, -0.2) is 82.3 Å². The van der Waals surface area contributed by atoms with Gasteiger partial charge in [-0.1, -0.05) is 0 Å². The number of hydrogen-bond acceptors (Lipinski definition) is 7. The number of carbonyl (C=O) groups excluding carboxylic acids is 4. The Balaban J connectivity index is 2.88. The summed E-state index contributed by atoms with van der Waals surface area (Å²) in [6.07, 6.45) is 2.69. The quantitative estimate of drug-likeness (QED) is 0.249. The van der Waals surface area contributed by atoms with E-state index in [2.05, 4.69) is 10.6 Å². The molecule has 0 aromatic heterocycles. The number of primary amides is 1. The van der Waals surface area contributed by atoms with Gasteiger partial charge in [-0.05, 0) is 38.2 Å². The van der Waals surface area contributed by atoms with E-state index in [0.29, 0.717) is 25.0 Å². The van der Waals surface area contributed by atoms with Crippen LogP contribution in [0.5, 0.6) is 0 Å². The number of nitrogens with one attached hydrogen (secondary N) is 2. The fraction of sp³-hybridized carbons (Fsp3) is 0.706. The Morgan fingerprint density at radius 1 is 1.24 bits per heavy atom. The second-order valence-electron chi connectivity index (χ2n) is 6.88. The minimum absolute atomic E-state index is 0.238. The number of nitrogens with zero attached hydrogens (tertiary/aromatic N) is 1. The average Bonchev–Trinajstić information content (AvgIpc) is 3.14. The zero-order valence-electron chi connectivity index (χ0n) is 16.6. The van der Waals surface area contributed by atoms with Crippen molar-refractivity contribution in [3.8, 4) is 0 Å². The van der Waals surface area contributed by atoms with E-state index in [1.807, 2.05) is 6.26 Å². The maximum absolute atomic E-state index is 12.9. The van der Waals surface area contributed by atoms with E-state index in [4.69, 9.17) is 16.6 Å². The maximum Gasteiger partial charge on any atom is 0.325 e. The second-order valence-corrected chi connectivity index (χ2v) is 7.86. The Morgan fingerprint density at radius 2 is 1.90 bits per heavy atom. The topological polar surface area (TPSA) is 185 Å². The summed E-state index contributed by atoms with van der Waals surface area (Å²) in [6, 6.07) is -4.09. The summed E-state index contributed by atoms with van der Waals surface area (Å²) in [5.41, 5.74) is 11.0. The van der Waals surface area contributed by atoms with E-state index in [1.165, 1.54) is 23.6 Å². The lowest BCUT2D eigenvalue weighted by molar-refractivity contribution is -0.145. The van der Waals surface area contributed by atoms with Gasteiger partial charge in [-0.15, -0.1) is 0 Å². The summed E-state index contributed by atoms with van der Waals surface area (Å²) in [4.78, 5) is 61.2. The van der Waals surface area contributed by atoms with Gasteiger partial charge in [0, 0.05) is 6.54 Å². The molecule has 0 aromatic carbocycles. The number of nitrogens with two attached hydrogens (primary N) is 2. The number of likely N-dealkylation sites (tertiary alicyclic amines) is 1. The smallest absolute Gasteiger partial charge is 0.325 e. The van der Waals surface area contributed by atoms with Crippen LogP contribution in [0.1, 0.15) is 32.6 Å². The zero-order valence-corrected chi connectivity index (χ0v) is 17.4. The summed E-state index contributed by atoms with van der Waals surface area (Å²) >= 11 is 1.52. The monoisotopic (exact) mass is 431 g/mol. The van der Waals surface area contributed by atoms with Crippen molar-refractivity contribution in [3.05, 3.63) is 0 Å². The van der Waals surface area contributed by atoms with Crippen LogP contribution < -0.4 is 22.1 Å². The normalized spacial score (nSPS) is 19.1. The van der Waals surface area contributed by atoms with Gasteiger partial charge >= 0.3 is 5.97 Å². The lowest BCUT2D eigenvalue weighted by Crippen LogP contribution is -2.57. The largest absolute Gasteiger partial charge is 0.480 e. The average molecular weight is 432 g/mol. The Bertz CT molecular complexity index is 646. The first-order chi connectivity index (χ1) is 13.6. The van der Waals surface area contributed by atoms with Crippen LogP contribution in [0.2, 0.25) is 0 Å². The molecule has 0 aromatic rings. The zero-order chi connectivity index (χ0) is 22.1. The van der Waals surface area contributed by atoms with E-state index >= 15 is 0 Å². The van der Waals surface area contributed by atoms with Crippen LogP contribution in [0.4, 0.5) is 0 Å². The highest BCUT2D eigenvalue weighted by atomic mass is 32.2. The summed E-state index contributed by atoms with van der Waals surface area (Å²) in [7, 11) is 0. The number of hydrogen-bond donors (Lipinski definition) is 5. The van der Waals surface area contributed by atoms with Gasteiger partial charge in [0.1, 0.15) is 18.1 Å². The lowest BCUT2D eigenvalue weighted by atomic mass is 10.1. The van der Waals surface area contributed by atoms with Crippen molar-refractivity contribution in [3.63, 3.8) is 0 Å². The van der Waals surface area contributed by atoms with Crippen molar-refractivity contribution < 1.29 is 29.1 Å². The predicted octanol–water partition coefficient (Wildman–Crippen LogP) is -1.99. The second kappa shape index (κ2) is 11.6. The molecule has 0 aliphatic carbocycles. The van der Waals surface area contributed by atoms with Crippen LogP contribution in [0.3, 0.4) is 0 Å². The number of carboxylic acid groups (broad SMARTS) is 1. The molecule has 1 heterocycles. The van der Waals surface area contributed by atoms with Gasteiger partial charge in [-0.25, -0.2) is 0 Å². The number of amides is 4. The van der Waals surface area contributed by atoms with Gasteiger partial charge in [-0.2, -0.15) is 11.8 Å². The molecule has 4 amide bonds. The maximum atomic E-state index is 12.9. The van der Waals surface area contributed by atoms with Crippen LogP contribution in [-0.2, 0) is 24.0 Å². The third-order valence-electron chi connectivity index (χ3n) is 4.56. The van der Waals surface area contributed by atoms with Gasteiger partial charge in [0.15, 0.2) is 0 Å². The fourth-order valence-corrected chi connectivity index (χ4v) is 3.42. The van der Waals surface area contributed by atoms with Crippen molar-refractivity contribution in [2.45, 2.75) is 56.8 Å². The van der Waals surface area contributed by atoms with Gasteiger partial charge in [0.2, 0.25) is 23.6 Å². The molecule has 0 saturated carbocycles. The molecular weight excluding hydrogens is 402 g/mol. The van der Waals surface area contributed by atoms with Crippen molar-refractivity contribution in [2.24, 2.45) is 11.5 Å². The molecule has 0 spiro atoms. The molecule has 0 radical (unpaired) electrons. The standard InChI is InChI=1S/C17H29N5O6S/c1-9(17(27)28)20-15(25)12-4-3-6-22(12)16(26)11(8-13(19)23)21-14(24)10(18)5-7-29-2/h9-12H,3-8,18H2,1-2H3,(H2,19,23)(H,20,25)(H,21,24)(H,27,28). The Kier molecular flexibility index (Phi) is 9.89. The van der Waals surface area contributed by atoms with Crippen LogP contribution >= 0.6 is 11.8 Å². The van der Waals surface area contributed by atoms with E-state index in [0.717, 1.165) is 0 Å². The van der Waals surface area contributed by atoms with E-state index in [1.54, 1.807) is 0 Å². The molecular formula is C17H29N5O6S. The van der Waals surface area contributed by atoms with E-state index in [-0.39, 0.29) is 6.54 Å². The molecule has 4 unspecified atom stereocenters. The van der Waals surface area contributed by atoms with Crippen LogP contribution in [0.25, 0.3) is 0 Å². The van der Waals surface area contributed by atoms with Gasteiger partial charge in [-0.3, -0.25) is 24.0 Å². The first-order valence-corrected chi connectivity index (χ1v) is 10.6. The minimum Gasteiger partial charge on any atom is -0.480 e. The Morgan fingerprint density at radius 3 is 2.45 bits per heavy atom. The molecule has 1 fully saturated rings. The van der Waals surface area contributed by atoms with Gasteiger partial charge in [0.05, 0.1) is 12.5 Å². The van der Waals surface area contributed by atoms with Crippen molar-refractivity contribution in [2.75, 3.05) is 18.6 Å². The molecule has 1 saturated heterocycles. The first kappa shape index (κ1) is 24.7. The Hall–Kier alpha value is -2.34. The number of thioether (sulfide) groups is 1. The molecule has 1 aliphatic heterocycles. The summed E-state index contributed by atoms with van der Waals surface area (Å²) in [5, 5.41) is 13.7. The summed E-state index contributed by atoms with van der Waals surface area (Å²) in [6.45, 7) is 1.55. The van der Waals surface area contributed by atoms with E-state index < -0.39 is 60.2 Å². The van der Waals surface area contributed by atoms with Crippen LogP contribution in [0, 0.1) is 0 Å². The number of carboxylic acids is 1. The highest BCUT2D eigenvalue weighted by Gasteiger charge is 2.39. The molecule has 1 rings (SSSR count). The number of rotatable bonds is 11. The van der Waals surface area contributed by atoms with Crippen molar-refractivity contribution in [1.82, 2.24) is 15.5 Å². The molecule has 29 heavy (non-hydrogen) atoms. The predicted molar refractivity (Wildman–Crippen MR) is 107 cm³/mol. The van der Waals surface area contributed by atoms with Gasteiger partial charge < -0.3 is 32.1 Å². The summed E-state index contributed by atoms with van der Waals surface area (Å²) in [5.74, 6) is -3.16. The molecule has 4 atom stereocenters. The third kappa shape index (κ3) is 7.54. The summed E-state index contributed by atoms with van der Waals surface area (Å²) < 4.78 is 0. The highest BCUT2D eigenvalue weighted by molar-refractivity contribution is 7.98. The van der Waals surface area contributed by atoms with Crippen molar-refractivity contribution >= 4 is 41.4 Å². The van der Waals surface area contributed by atoms with Crippen molar-refractivity contribution in [1.29, 1.82) is 0 Å². The van der Waals surface area contributed by atoms with Gasteiger partial charge in [0.25, 0.3) is 0 Å². The Labute approximate surface area is 173 Å². The fourth-order valence-electron chi connectivity index (χ4n) is 2.93. The van der Waals surface area contributed by atoms with E-state index in [9.17, 15) is 24.0 Å². The molecule has 7 N–H and O–H groups in total. The number of aliphatic carboxylic acids is 1. The SMILES string of the molecule is CSCCC(N)C(=O)NC(CC(N)=O)C(=O)N1CCCC1C(=O)NC(C)C(=O)O. The first-order valence-electron chi connectivity index (χ1n) is 9.25.